The van der Waals surface area contributed by atoms with Crippen molar-refractivity contribution in [3.05, 3.63) is 60.7 Å². The number of methoxy groups -OCH3 is 4. The van der Waals surface area contributed by atoms with Crippen molar-refractivity contribution in [1.29, 1.82) is 0 Å². The minimum atomic E-state index is -1.80. The van der Waals surface area contributed by atoms with Gasteiger partial charge in [-0.05, 0) is 55.9 Å². The molecule has 35 heavy (non-hydrogen) atoms. The van der Waals surface area contributed by atoms with Gasteiger partial charge in [0.25, 0.3) is 0 Å². The molecule has 0 spiro atoms. The van der Waals surface area contributed by atoms with Crippen LogP contribution in [0.5, 0.6) is 23.0 Å². The van der Waals surface area contributed by atoms with Crippen LogP contribution in [0.2, 0.25) is 0 Å². The van der Waals surface area contributed by atoms with Gasteiger partial charge in [-0.25, -0.2) is 0 Å². The van der Waals surface area contributed by atoms with Gasteiger partial charge in [-0.3, -0.25) is 0 Å². The summed E-state index contributed by atoms with van der Waals surface area (Å²) in [5.74, 6) is 2.80. The fraction of sp³-hybridized carbons (Fsp3) is 0.308. The molecule has 0 aliphatic carbocycles. The van der Waals surface area contributed by atoms with Crippen LogP contribution in [0.3, 0.4) is 0 Å². The maximum absolute atomic E-state index is 13.7. The van der Waals surface area contributed by atoms with Crippen LogP contribution in [-0.4, -0.2) is 60.3 Å². The molecule has 0 aliphatic heterocycles. The molecule has 0 radical (unpaired) electrons. The van der Waals surface area contributed by atoms with E-state index in [0.29, 0.717) is 29.5 Å². The van der Waals surface area contributed by atoms with Crippen molar-refractivity contribution in [1.82, 2.24) is 9.99 Å². The van der Waals surface area contributed by atoms with Gasteiger partial charge >= 0.3 is 7.95 Å². The van der Waals surface area contributed by atoms with E-state index in [0.717, 1.165) is 27.8 Å². The molecule has 0 amide bonds. The Kier molecular flexibility index (Phi) is 9.88. The molecule has 1 N–H and O–H groups in total. The summed E-state index contributed by atoms with van der Waals surface area (Å²) in [6, 6.07) is 19.5. The summed E-state index contributed by atoms with van der Waals surface area (Å²) in [6.45, 7) is 1.41. The fourth-order valence-corrected chi connectivity index (χ4v) is 7.90. The van der Waals surface area contributed by atoms with Crippen LogP contribution in [-0.2, 0) is 4.57 Å². The van der Waals surface area contributed by atoms with Crippen molar-refractivity contribution in [2.45, 2.75) is 0 Å². The third-order valence-corrected chi connectivity index (χ3v) is 9.95. The average Bonchev–Trinajstić information content (AvgIpc) is 2.91. The Bertz CT molecular complexity index is 1100. The lowest BCUT2D eigenvalue weighted by Crippen LogP contribution is -2.33. The number of ether oxygens (including phenoxy) is 4. The zero-order valence-corrected chi connectivity index (χ0v) is 22.9. The number of nitrogens with zero attached hydrogens (tertiary/aromatic N) is 1. The molecular formula is C26H33N2O5P2+. The highest BCUT2D eigenvalue weighted by Crippen LogP contribution is 2.42. The van der Waals surface area contributed by atoms with Crippen LogP contribution in [0.4, 0.5) is 0 Å². The molecule has 3 aromatic carbocycles. The third kappa shape index (κ3) is 6.12. The van der Waals surface area contributed by atoms with Crippen LogP contribution >= 0.6 is 15.9 Å². The molecule has 9 heteroatoms. The number of benzene rings is 3. The summed E-state index contributed by atoms with van der Waals surface area (Å²) in [5, 5.41) is 6.84. The third-order valence-electron chi connectivity index (χ3n) is 5.58. The molecule has 0 bridgehead atoms. The van der Waals surface area contributed by atoms with Crippen LogP contribution in [0.15, 0.2) is 60.7 Å². The van der Waals surface area contributed by atoms with E-state index in [4.69, 9.17) is 18.9 Å². The van der Waals surface area contributed by atoms with Crippen LogP contribution < -0.4 is 45.5 Å². The Morgan fingerprint density at radius 1 is 0.800 bits per heavy atom. The van der Waals surface area contributed by atoms with Gasteiger partial charge in [0.2, 0.25) is 5.30 Å². The molecule has 0 fully saturated rings. The Labute approximate surface area is 209 Å². The number of hydrogen-bond donors (Lipinski definition) is 1. The summed E-state index contributed by atoms with van der Waals surface area (Å²) in [7, 11) is 7.32. The Morgan fingerprint density at radius 3 is 1.83 bits per heavy atom. The van der Waals surface area contributed by atoms with Crippen molar-refractivity contribution in [2.75, 3.05) is 55.6 Å². The molecule has 1 atom stereocenters. The first kappa shape index (κ1) is 26.9. The predicted octanol–water partition coefficient (Wildman–Crippen LogP) is 3.00. The molecule has 186 valence electrons. The van der Waals surface area contributed by atoms with Crippen LogP contribution in [0, 0.1) is 0 Å². The summed E-state index contributed by atoms with van der Waals surface area (Å²) in [6.07, 6.45) is 0. The van der Waals surface area contributed by atoms with E-state index in [1.54, 1.807) is 28.4 Å². The van der Waals surface area contributed by atoms with Gasteiger partial charge in [0.05, 0.1) is 35.0 Å². The summed E-state index contributed by atoms with van der Waals surface area (Å²) >= 11 is 0. The smallest absolute Gasteiger partial charge is 0.474 e. The molecule has 7 nitrogen and oxygen atoms in total. The summed E-state index contributed by atoms with van der Waals surface area (Å²) in [4.78, 5) is 0. The number of nitrogens with one attached hydrogen (secondary N) is 1. The first-order valence-electron chi connectivity index (χ1n) is 11.1. The topological polar surface area (TPSA) is 69.3 Å². The Morgan fingerprint density at radius 2 is 1.34 bits per heavy atom. The summed E-state index contributed by atoms with van der Waals surface area (Å²) < 4.78 is 38.1. The lowest BCUT2D eigenvalue weighted by Gasteiger charge is -2.24. The molecule has 0 saturated heterocycles. The molecule has 1 unspecified atom stereocenters. The molecule has 0 saturated carbocycles. The second kappa shape index (κ2) is 12.9. The maximum atomic E-state index is 13.7. The van der Waals surface area contributed by atoms with Gasteiger partial charge in [0, 0.05) is 41.6 Å². The van der Waals surface area contributed by atoms with E-state index in [-0.39, 0.29) is 0 Å². The van der Waals surface area contributed by atoms with E-state index in [2.05, 4.69) is 5.32 Å². The van der Waals surface area contributed by atoms with Crippen molar-refractivity contribution < 1.29 is 23.5 Å². The minimum Gasteiger partial charge on any atom is -0.497 e. The zero-order valence-electron chi connectivity index (χ0n) is 21.1. The zero-order chi connectivity index (χ0) is 25.4. The fourth-order valence-electron chi connectivity index (χ4n) is 3.69. The van der Waals surface area contributed by atoms with E-state index in [9.17, 15) is 4.57 Å². The molecular weight excluding hydrogens is 482 g/mol. The van der Waals surface area contributed by atoms with Crippen LogP contribution in [0.25, 0.3) is 0 Å². The highest BCUT2D eigenvalue weighted by molar-refractivity contribution is 7.81. The normalized spacial score (nSPS) is 11.5. The lowest BCUT2D eigenvalue weighted by atomic mass is 10.3. The SMILES string of the molecule is CNCCN(C)[P+](=O)c1ccccc1P(c1ccc(OC)cc1OC)c1ccc(OC)cc1OC. The van der Waals surface area contributed by atoms with Gasteiger partial charge in [-0.15, -0.1) is 0 Å². The van der Waals surface area contributed by atoms with Gasteiger partial charge in [0.15, 0.2) is 0 Å². The molecule has 0 aromatic heterocycles. The first-order chi connectivity index (χ1) is 17.0. The average molecular weight is 516 g/mol. The Balaban J connectivity index is 2.27. The van der Waals surface area contributed by atoms with E-state index < -0.39 is 15.9 Å². The number of likely N-dealkylation sites (N-methyl/N-ethyl adjacent to an activating group) is 2. The lowest BCUT2D eigenvalue weighted by molar-refractivity contribution is 0.396. The van der Waals surface area contributed by atoms with Gasteiger partial charge in [-0.1, -0.05) is 16.8 Å². The quantitative estimate of drug-likeness (QED) is 0.372. The second-order valence-corrected chi connectivity index (χ2v) is 11.5. The van der Waals surface area contributed by atoms with Gasteiger partial charge in [-0.2, -0.15) is 0 Å². The Hall–Kier alpha value is -2.69. The van der Waals surface area contributed by atoms with Crippen LogP contribution in [0.1, 0.15) is 0 Å². The largest absolute Gasteiger partial charge is 0.497 e. The predicted molar refractivity (Wildman–Crippen MR) is 145 cm³/mol. The molecule has 3 rings (SSSR count). The molecule has 0 aliphatic rings. The highest BCUT2D eigenvalue weighted by atomic mass is 31.1. The minimum absolute atomic E-state index is 0.662. The van der Waals surface area contributed by atoms with E-state index in [1.807, 2.05) is 79.4 Å². The van der Waals surface area contributed by atoms with E-state index in [1.165, 1.54) is 0 Å². The van der Waals surface area contributed by atoms with Crippen molar-refractivity contribution in [3.63, 3.8) is 0 Å². The second-order valence-electron chi connectivity index (χ2n) is 7.66. The first-order valence-corrected chi connectivity index (χ1v) is 13.7. The molecule has 3 aromatic rings. The van der Waals surface area contributed by atoms with Crippen molar-refractivity contribution in [3.8, 4) is 23.0 Å². The summed E-state index contributed by atoms with van der Waals surface area (Å²) in [5.41, 5.74) is 0. The maximum Gasteiger partial charge on any atom is 0.474 e. The van der Waals surface area contributed by atoms with Crippen molar-refractivity contribution in [2.24, 2.45) is 0 Å². The monoisotopic (exact) mass is 515 g/mol. The van der Waals surface area contributed by atoms with Crippen molar-refractivity contribution >= 4 is 37.1 Å². The number of rotatable bonds is 12. The van der Waals surface area contributed by atoms with Gasteiger partial charge < -0.3 is 24.3 Å². The highest BCUT2D eigenvalue weighted by Gasteiger charge is 2.35. The van der Waals surface area contributed by atoms with E-state index >= 15 is 0 Å². The molecule has 0 heterocycles. The van der Waals surface area contributed by atoms with Gasteiger partial charge in [0.1, 0.15) is 23.0 Å². The standard InChI is InChI=1S/C26H33N2O5P2/c1-27-15-16-28(2)35(29)26-10-8-7-9-25(26)34(23-13-11-19(30-3)17-21(23)32-5)24-14-12-20(31-4)18-22(24)33-6/h7-14,17-18,27H,15-16H2,1-6H3/q+1. The number of hydrogen-bond acceptors (Lipinski definition) is 6.